The molecule has 1 nitrogen and oxygen atoms in total. The molecule has 0 heterocycles. The third-order valence-electron chi connectivity index (χ3n) is 4.50. The van der Waals surface area contributed by atoms with Crippen LogP contribution in [0.3, 0.4) is 0 Å². The second kappa shape index (κ2) is 5.63. The molecule has 2 rings (SSSR count). The maximum Gasteiger partial charge on any atom is 0.0595 e. The summed E-state index contributed by atoms with van der Waals surface area (Å²) in [6.07, 6.45) is 3.46. The van der Waals surface area contributed by atoms with Gasteiger partial charge < -0.3 is 5.73 Å². The Morgan fingerprint density at radius 1 is 1.11 bits per heavy atom. The van der Waals surface area contributed by atoms with Crippen LogP contribution in [0.4, 0.5) is 0 Å². The van der Waals surface area contributed by atoms with Crippen LogP contribution in [0, 0.1) is 11.3 Å². The molecule has 1 aliphatic rings. The highest BCUT2D eigenvalue weighted by Gasteiger charge is 2.35. The molecule has 1 aromatic carbocycles. The molecule has 1 saturated carbocycles. The molecule has 3 atom stereocenters. The van der Waals surface area contributed by atoms with Crippen LogP contribution >= 0.6 is 23.2 Å². The molecular formula is C16H23Cl2N. The lowest BCUT2D eigenvalue weighted by molar-refractivity contribution is 0.154. The fourth-order valence-corrected chi connectivity index (χ4v) is 3.41. The van der Waals surface area contributed by atoms with Crippen molar-refractivity contribution >= 4 is 23.2 Å². The van der Waals surface area contributed by atoms with Crippen LogP contribution in [0.2, 0.25) is 10.0 Å². The van der Waals surface area contributed by atoms with Gasteiger partial charge in [-0.2, -0.15) is 0 Å². The molecule has 3 unspecified atom stereocenters. The largest absolute Gasteiger partial charge is 0.327 e. The Kier molecular flexibility index (Phi) is 4.49. The maximum absolute atomic E-state index is 6.33. The lowest BCUT2D eigenvalue weighted by Crippen LogP contribution is -2.38. The van der Waals surface area contributed by atoms with Gasteiger partial charge in [0, 0.05) is 6.04 Å². The maximum atomic E-state index is 6.33. The highest BCUT2D eigenvalue weighted by molar-refractivity contribution is 6.42. The van der Waals surface area contributed by atoms with E-state index in [0.717, 1.165) is 12.8 Å². The molecule has 0 aromatic heterocycles. The smallest absolute Gasteiger partial charge is 0.0595 e. The summed E-state index contributed by atoms with van der Waals surface area (Å²) in [5.74, 6) is 1.11. The van der Waals surface area contributed by atoms with Crippen molar-refractivity contribution in [3.8, 4) is 0 Å². The molecule has 1 fully saturated rings. The summed E-state index contributed by atoms with van der Waals surface area (Å²) in [7, 11) is 0. The number of benzene rings is 1. The van der Waals surface area contributed by atoms with E-state index in [4.69, 9.17) is 28.9 Å². The first-order valence-corrected chi connectivity index (χ1v) is 7.75. The number of hydrogen-bond acceptors (Lipinski definition) is 1. The minimum atomic E-state index is 0.232. The van der Waals surface area contributed by atoms with E-state index in [-0.39, 0.29) is 6.04 Å². The molecule has 106 valence electrons. The Morgan fingerprint density at radius 2 is 1.79 bits per heavy atom. The highest BCUT2D eigenvalue weighted by Crippen LogP contribution is 2.44. The van der Waals surface area contributed by atoms with E-state index in [0.29, 0.717) is 27.3 Å². The van der Waals surface area contributed by atoms with Gasteiger partial charge in [0.2, 0.25) is 0 Å². The Labute approximate surface area is 126 Å². The summed E-state index contributed by atoms with van der Waals surface area (Å²) in [6.45, 7) is 6.96. The molecule has 0 radical (unpaired) electrons. The molecule has 0 bridgehead atoms. The lowest BCUT2D eigenvalue weighted by atomic mass is 9.66. The monoisotopic (exact) mass is 299 g/mol. The standard InChI is InChI=1S/C16H23Cl2N/c1-16(2,3)11-5-7-15(19)12(9-11)10-4-6-13(17)14(18)8-10/h4,6,8,11-12,15H,5,7,9,19H2,1-3H3. The van der Waals surface area contributed by atoms with Gasteiger partial charge in [-0.3, -0.25) is 0 Å². The van der Waals surface area contributed by atoms with E-state index in [2.05, 4.69) is 26.8 Å². The molecule has 0 saturated heterocycles. The Hall–Kier alpha value is -0.240. The quantitative estimate of drug-likeness (QED) is 0.753. The highest BCUT2D eigenvalue weighted by atomic mass is 35.5. The van der Waals surface area contributed by atoms with Gasteiger partial charge in [0.05, 0.1) is 10.0 Å². The van der Waals surface area contributed by atoms with Crippen molar-refractivity contribution in [3.05, 3.63) is 33.8 Å². The molecular weight excluding hydrogens is 277 g/mol. The summed E-state index contributed by atoms with van der Waals surface area (Å²) in [5.41, 5.74) is 7.90. The van der Waals surface area contributed by atoms with E-state index in [1.807, 2.05) is 12.1 Å². The predicted molar refractivity (Wildman–Crippen MR) is 84.0 cm³/mol. The van der Waals surface area contributed by atoms with E-state index < -0.39 is 0 Å². The Morgan fingerprint density at radius 3 is 2.37 bits per heavy atom. The van der Waals surface area contributed by atoms with Gasteiger partial charge in [-0.25, -0.2) is 0 Å². The van der Waals surface area contributed by atoms with E-state index in [1.54, 1.807) is 0 Å². The molecule has 3 heteroatoms. The number of rotatable bonds is 1. The molecule has 2 N–H and O–H groups in total. The van der Waals surface area contributed by atoms with Crippen molar-refractivity contribution in [2.24, 2.45) is 17.1 Å². The summed E-state index contributed by atoms with van der Waals surface area (Å²) < 4.78 is 0. The molecule has 19 heavy (non-hydrogen) atoms. The first kappa shape index (κ1) is 15.2. The van der Waals surface area contributed by atoms with Crippen LogP contribution in [0.5, 0.6) is 0 Å². The van der Waals surface area contributed by atoms with E-state index >= 15 is 0 Å². The molecule has 1 aromatic rings. The predicted octanol–water partition coefficient (Wildman–Crippen LogP) is 5.25. The van der Waals surface area contributed by atoms with Gasteiger partial charge >= 0.3 is 0 Å². The zero-order valence-electron chi connectivity index (χ0n) is 11.9. The first-order chi connectivity index (χ1) is 8.79. The van der Waals surface area contributed by atoms with Crippen molar-refractivity contribution in [3.63, 3.8) is 0 Å². The Balaban J connectivity index is 2.23. The molecule has 0 aliphatic heterocycles. The van der Waals surface area contributed by atoms with Crippen LogP contribution < -0.4 is 5.73 Å². The van der Waals surface area contributed by atoms with Crippen LogP contribution in [0.15, 0.2) is 18.2 Å². The zero-order valence-corrected chi connectivity index (χ0v) is 13.4. The summed E-state index contributed by atoms with van der Waals surface area (Å²) in [4.78, 5) is 0. The van der Waals surface area contributed by atoms with Crippen molar-refractivity contribution in [1.82, 2.24) is 0 Å². The molecule has 0 amide bonds. The molecule has 0 spiro atoms. The van der Waals surface area contributed by atoms with Crippen LogP contribution in [-0.4, -0.2) is 6.04 Å². The van der Waals surface area contributed by atoms with Gasteiger partial charge in [-0.05, 0) is 54.2 Å². The second-order valence-corrected chi connectivity index (χ2v) is 7.63. The van der Waals surface area contributed by atoms with Crippen molar-refractivity contribution in [2.45, 2.75) is 52.0 Å². The van der Waals surface area contributed by atoms with Crippen molar-refractivity contribution < 1.29 is 0 Å². The topological polar surface area (TPSA) is 26.0 Å². The zero-order chi connectivity index (χ0) is 14.2. The van der Waals surface area contributed by atoms with Gasteiger partial charge in [0.25, 0.3) is 0 Å². The van der Waals surface area contributed by atoms with Crippen molar-refractivity contribution in [2.75, 3.05) is 0 Å². The lowest BCUT2D eigenvalue weighted by Gasteiger charge is -2.41. The van der Waals surface area contributed by atoms with E-state index in [9.17, 15) is 0 Å². The van der Waals surface area contributed by atoms with Crippen LogP contribution in [-0.2, 0) is 0 Å². The minimum absolute atomic E-state index is 0.232. The first-order valence-electron chi connectivity index (χ1n) is 6.99. The van der Waals surface area contributed by atoms with Gasteiger partial charge in [0.1, 0.15) is 0 Å². The second-order valence-electron chi connectivity index (χ2n) is 6.82. The average molecular weight is 300 g/mol. The SMILES string of the molecule is CC(C)(C)C1CCC(N)C(c2ccc(Cl)c(Cl)c2)C1. The molecule has 1 aliphatic carbocycles. The average Bonchev–Trinajstić information content (AvgIpc) is 2.32. The number of hydrogen-bond donors (Lipinski definition) is 1. The van der Waals surface area contributed by atoms with Gasteiger partial charge in [-0.1, -0.05) is 50.0 Å². The number of halogens is 2. The normalized spacial score (nSPS) is 28.4. The van der Waals surface area contributed by atoms with Gasteiger partial charge in [0.15, 0.2) is 0 Å². The van der Waals surface area contributed by atoms with Crippen LogP contribution in [0.1, 0.15) is 51.5 Å². The van der Waals surface area contributed by atoms with Crippen LogP contribution in [0.25, 0.3) is 0 Å². The third kappa shape index (κ3) is 3.45. The fourth-order valence-electron chi connectivity index (χ4n) is 3.11. The van der Waals surface area contributed by atoms with Gasteiger partial charge in [-0.15, -0.1) is 0 Å². The minimum Gasteiger partial charge on any atom is -0.327 e. The summed E-state index contributed by atoms with van der Waals surface area (Å²) in [5, 5.41) is 1.24. The third-order valence-corrected chi connectivity index (χ3v) is 5.24. The summed E-state index contributed by atoms with van der Waals surface area (Å²) >= 11 is 12.1. The Bertz CT molecular complexity index is 451. The van der Waals surface area contributed by atoms with E-state index in [1.165, 1.54) is 12.0 Å². The fraction of sp³-hybridized carbons (Fsp3) is 0.625. The van der Waals surface area contributed by atoms with Crippen molar-refractivity contribution in [1.29, 1.82) is 0 Å². The number of nitrogens with two attached hydrogens (primary N) is 1. The summed E-state index contributed by atoms with van der Waals surface area (Å²) in [6, 6.07) is 6.17.